The monoisotopic (exact) mass is 292 g/mol. The molecular formula is C16H18ClFN2. The third-order valence-electron chi connectivity index (χ3n) is 3.99. The molecule has 106 valence electrons. The topological polar surface area (TPSA) is 30.9 Å². The number of nitrogens with two attached hydrogens (primary N) is 1. The summed E-state index contributed by atoms with van der Waals surface area (Å²) in [5.41, 5.74) is 9.32. The molecule has 0 amide bonds. The summed E-state index contributed by atoms with van der Waals surface area (Å²) in [6.07, 6.45) is 8.61. The van der Waals surface area contributed by atoms with Gasteiger partial charge in [-0.15, -0.1) is 0 Å². The van der Waals surface area contributed by atoms with Crippen LogP contribution in [0.15, 0.2) is 30.6 Å². The Balaban J connectivity index is 1.89. The summed E-state index contributed by atoms with van der Waals surface area (Å²) in [5.74, 6) is -0.331. The van der Waals surface area contributed by atoms with Gasteiger partial charge in [0.2, 0.25) is 0 Å². The van der Waals surface area contributed by atoms with Crippen molar-refractivity contribution in [1.82, 2.24) is 4.57 Å². The van der Waals surface area contributed by atoms with E-state index in [1.165, 1.54) is 24.0 Å². The van der Waals surface area contributed by atoms with Crippen molar-refractivity contribution in [2.75, 3.05) is 0 Å². The number of rotatable bonds is 2. The maximum Gasteiger partial charge on any atom is 0.146 e. The summed E-state index contributed by atoms with van der Waals surface area (Å²) in [6.45, 7) is 0.492. The smallest absolute Gasteiger partial charge is 0.146 e. The molecule has 4 heteroatoms. The first-order valence-electron chi connectivity index (χ1n) is 7.02. The van der Waals surface area contributed by atoms with Crippen molar-refractivity contribution < 1.29 is 4.39 Å². The molecule has 1 unspecified atom stereocenters. The second kappa shape index (κ2) is 5.58. The number of hydrogen-bond acceptors (Lipinski definition) is 1. The summed E-state index contributed by atoms with van der Waals surface area (Å²) in [4.78, 5) is 0. The molecule has 1 aromatic carbocycles. The maximum absolute atomic E-state index is 13.9. The standard InChI is InChI=1S/C16H18ClFN2/c17-14-6-3-5-12(16(14)18)9-20-8-11-4-1-2-7-15(19)13(11)10-20/h3,5-6,8,10,15H,1-2,4,7,9,19H2. The first kappa shape index (κ1) is 13.7. The van der Waals surface area contributed by atoms with Gasteiger partial charge in [-0.05, 0) is 36.5 Å². The van der Waals surface area contributed by atoms with Gasteiger partial charge in [0.1, 0.15) is 5.82 Å². The molecule has 2 N–H and O–H groups in total. The van der Waals surface area contributed by atoms with Crippen LogP contribution in [0.25, 0.3) is 0 Å². The normalized spacial score (nSPS) is 18.6. The van der Waals surface area contributed by atoms with Crippen molar-refractivity contribution in [2.45, 2.75) is 38.3 Å². The van der Waals surface area contributed by atoms with Crippen LogP contribution in [0.5, 0.6) is 0 Å². The molecule has 1 aliphatic carbocycles. The lowest BCUT2D eigenvalue weighted by Crippen LogP contribution is -2.09. The Bertz CT molecular complexity index is 621. The SMILES string of the molecule is NC1CCCCc2cn(Cc3cccc(Cl)c3F)cc21. The van der Waals surface area contributed by atoms with Gasteiger partial charge in [-0.3, -0.25) is 0 Å². The molecule has 0 aliphatic heterocycles. The zero-order chi connectivity index (χ0) is 14.1. The molecule has 0 radical (unpaired) electrons. The van der Waals surface area contributed by atoms with E-state index >= 15 is 0 Å². The highest BCUT2D eigenvalue weighted by Crippen LogP contribution is 2.28. The van der Waals surface area contributed by atoms with E-state index in [9.17, 15) is 4.39 Å². The van der Waals surface area contributed by atoms with E-state index in [2.05, 4.69) is 12.4 Å². The summed E-state index contributed by atoms with van der Waals surface area (Å²) in [7, 11) is 0. The Labute approximate surface area is 123 Å². The molecule has 1 aliphatic rings. The first-order valence-corrected chi connectivity index (χ1v) is 7.40. The second-order valence-electron chi connectivity index (χ2n) is 5.48. The molecule has 0 bridgehead atoms. The number of halogens is 2. The van der Waals surface area contributed by atoms with Gasteiger partial charge in [0, 0.05) is 30.5 Å². The predicted octanol–water partition coefficient (Wildman–Crippen LogP) is 4.06. The van der Waals surface area contributed by atoms with E-state index in [0.717, 1.165) is 12.8 Å². The van der Waals surface area contributed by atoms with E-state index in [0.29, 0.717) is 12.1 Å². The third-order valence-corrected chi connectivity index (χ3v) is 4.28. The fourth-order valence-electron chi connectivity index (χ4n) is 2.91. The minimum Gasteiger partial charge on any atom is -0.349 e. The zero-order valence-corrected chi connectivity index (χ0v) is 12.0. The van der Waals surface area contributed by atoms with Crippen molar-refractivity contribution >= 4 is 11.6 Å². The van der Waals surface area contributed by atoms with Crippen molar-refractivity contribution in [3.05, 3.63) is 58.1 Å². The van der Waals surface area contributed by atoms with Gasteiger partial charge >= 0.3 is 0 Å². The van der Waals surface area contributed by atoms with E-state index in [1.807, 2.05) is 4.57 Å². The number of nitrogens with zero attached hydrogens (tertiary/aromatic N) is 1. The Morgan fingerprint density at radius 2 is 2.15 bits per heavy atom. The van der Waals surface area contributed by atoms with Crippen molar-refractivity contribution in [3.8, 4) is 0 Å². The summed E-state index contributed by atoms with van der Waals surface area (Å²) < 4.78 is 16.0. The Kier molecular flexibility index (Phi) is 3.81. The van der Waals surface area contributed by atoms with E-state index in [1.54, 1.807) is 18.2 Å². The summed E-state index contributed by atoms with van der Waals surface area (Å²) in [6, 6.07) is 5.23. The molecule has 1 atom stereocenters. The van der Waals surface area contributed by atoms with Crippen LogP contribution in [0.3, 0.4) is 0 Å². The number of benzene rings is 1. The van der Waals surface area contributed by atoms with Gasteiger partial charge in [0.05, 0.1) is 5.02 Å². The maximum atomic E-state index is 13.9. The van der Waals surface area contributed by atoms with Crippen molar-refractivity contribution in [3.63, 3.8) is 0 Å². The molecule has 1 heterocycles. The van der Waals surface area contributed by atoms with E-state index in [4.69, 9.17) is 17.3 Å². The van der Waals surface area contributed by atoms with Crippen molar-refractivity contribution in [1.29, 1.82) is 0 Å². The van der Waals surface area contributed by atoms with Gasteiger partial charge in [0.25, 0.3) is 0 Å². The summed E-state index contributed by atoms with van der Waals surface area (Å²) in [5, 5.41) is 0.174. The highest BCUT2D eigenvalue weighted by Gasteiger charge is 2.17. The predicted molar refractivity (Wildman–Crippen MR) is 79.4 cm³/mol. The largest absolute Gasteiger partial charge is 0.349 e. The number of fused-ring (bicyclic) bond motifs is 1. The average Bonchev–Trinajstić information content (AvgIpc) is 2.75. The van der Waals surface area contributed by atoms with Crippen LogP contribution < -0.4 is 5.73 Å². The van der Waals surface area contributed by atoms with Gasteiger partial charge in [-0.25, -0.2) is 4.39 Å². The van der Waals surface area contributed by atoms with Crippen LogP contribution in [0.2, 0.25) is 5.02 Å². The molecular weight excluding hydrogens is 275 g/mol. The van der Waals surface area contributed by atoms with Crippen LogP contribution in [0.1, 0.15) is 42.0 Å². The van der Waals surface area contributed by atoms with Crippen LogP contribution in [-0.2, 0) is 13.0 Å². The lowest BCUT2D eigenvalue weighted by Gasteiger charge is -2.08. The molecule has 0 fully saturated rings. The van der Waals surface area contributed by atoms with Crippen LogP contribution in [-0.4, -0.2) is 4.57 Å². The molecule has 3 rings (SSSR count). The number of aryl methyl sites for hydroxylation is 1. The minimum absolute atomic E-state index is 0.109. The number of hydrogen-bond donors (Lipinski definition) is 1. The first-order chi connectivity index (χ1) is 9.65. The second-order valence-corrected chi connectivity index (χ2v) is 5.88. The van der Waals surface area contributed by atoms with E-state index in [-0.39, 0.29) is 16.9 Å². The van der Waals surface area contributed by atoms with Crippen LogP contribution in [0, 0.1) is 5.82 Å². The molecule has 0 spiro atoms. The minimum atomic E-state index is -0.331. The van der Waals surface area contributed by atoms with Crippen LogP contribution >= 0.6 is 11.6 Å². The average molecular weight is 293 g/mol. The van der Waals surface area contributed by atoms with Gasteiger partial charge < -0.3 is 10.3 Å². The lowest BCUT2D eigenvalue weighted by atomic mass is 10.1. The van der Waals surface area contributed by atoms with Gasteiger partial charge in [-0.1, -0.05) is 30.2 Å². The lowest BCUT2D eigenvalue weighted by molar-refractivity contribution is 0.594. The molecule has 1 aromatic heterocycles. The third kappa shape index (κ3) is 2.60. The zero-order valence-electron chi connectivity index (χ0n) is 11.3. The molecule has 2 nitrogen and oxygen atoms in total. The Morgan fingerprint density at radius 3 is 3.00 bits per heavy atom. The Morgan fingerprint density at radius 1 is 1.30 bits per heavy atom. The van der Waals surface area contributed by atoms with E-state index < -0.39 is 0 Å². The highest BCUT2D eigenvalue weighted by molar-refractivity contribution is 6.30. The van der Waals surface area contributed by atoms with Crippen LogP contribution in [0.4, 0.5) is 4.39 Å². The molecule has 2 aromatic rings. The number of aromatic nitrogens is 1. The fourth-order valence-corrected chi connectivity index (χ4v) is 3.10. The van der Waals surface area contributed by atoms with Gasteiger partial charge in [-0.2, -0.15) is 0 Å². The quantitative estimate of drug-likeness (QED) is 0.832. The molecule has 20 heavy (non-hydrogen) atoms. The summed E-state index contributed by atoms with van der Waals surface area (Å²) >= 11 is 5.82. The highest BCUT2D eigenvalue weighted by atomic mass is 35.5. The fraction of sp³-hybridized carbons (Fsp3) is 0.375. The Hall–Kier alpha value is -1.32. The molecule has 0 saturated heterocycles. The van der Waals surface area contributed by atoms with Gasteiger partial charge in [0.15, 0.2) is 0 Å². The van der Waals surface area contributed by atoms with Crippen molar-refractivity contribution in [2.24, 2.45) is 5.73 Å². The molecule has 0 saturated carbocycles.